The molecule has 23 heavy (non-hydrogen) atoms. The molecule has 0 aliphatic carbocycles. The smallest absolute Gasteiger partial charge is 0.381 e. The number of ether oxygens (including phenoxy) is 2. The summed E-state index contributed by atoms with van der Waals surface area (Å²) in [5.41, 5.74) is 0.0937. The molecule has 0 radical (unpaired) electrons. The van der Waals surface area contributed by atoms with Gasteiger partial charge in [-0.15, -0.1) is 0 Å². The minimum atomic E-state index is -4.00. The summed E-state index contributed by atoms with van der Waals surface area (Å²) in [6, 6.07) is 4.37. The molecular formula is C16H21F2NO4. The van der Waals surface area contributed by atoms with Crippen molar-refractivity contribution in [1.82, 2.24) is 0 Å². The fraction of sp³-hybridized carbons (Fsp3) is 0.562. The molecule has 1 N–H and O–H groups in total. The Morgan fingerprint density at radius 3 is 2.52 bits per heavy atom. The van der Waals surface area contributed by atoms with Crippen molar-refractivity contribution >= 4 is 11.7 Å². The van der Waals surface area contributed by atoms with Gasteiger partial charge in [-0.05, 0) is 26.0 Å². The number of esters is 1. The van der Waals surface area contributed by atoms with Crippen LogP contribution in [0, 0.1) is 0 Å². The molecule has 7 heteroatoms. The summed E-state index contributed by atoms with van der Waals surface area (Å²) in [5, 5.41) is 9.14. The number of aliphatic hydroxyl groups is 1. The highest BCUT2D eigenvalue weighted by Gasteiger charge is 2.32. The molecule has 2 rings (SSSR count). The lowest BCUT2D eigenvalue weighted by molar-refractivity contribution is -0.209. The number of carbonyl (C=O) groups excluding carboxylic acids is 1. The number of alkyl halides is 2. The van der Waals surface area contributed by atoms with Crippen LogP contribution in [0.3, 0.4) is 0 Å². The summed E-state index contributed by atoms with van der Waals surface area (Å²) in [7, 11) is 0. The normalized spacial score (nSPS) is 22.1. The molecule has 1 fully saturated rings. The molecule has 1 heterocycles. The van der Waals surface area contributed by atoms with E-state index in [0.717, 1.165) is 0 Å². The van der Waals surface area contributed by atoms with Crippen LogP contribution in [0.4, 0.5) is 14.5 Å². The minimum Gasteiger partial charge on any atom is -0.461 e. The maximum Gasteiger partial charge on any atom is 0.381 e. The molecule has 0 spiro atoms. The molecule has 0 saturated carbocycles. The van der Waals surface area contributed by atoms with Crippen molar-refractivity contribution in [3.05, 3.63) is 29.3 Å². The Balaban J connectivity index is 2.30. The molecule has 1 saturated heterocycles. The third-order valence-corrected chi connectivity index (χ3v) is 3.63. The second-order valence-corrected chi connectivity index (χ2v) is 5.83. The first-order valence-corrected chi connectivity index (χ1v) is 7.44. The van der Waals surface area contributed by atoms with Crippen molar-refractivity contribution in [2.45, 2.75) is 45.7 Å². The van der Waals surface area contributed by atoms with Crippen molar-refractivity contribution in [2.75, 3.05) is 18.0 Å². The molecule has 1 aromatic carbocycles. The Morgan fingerprint density at radius 2 is 2.00 bits per heavy atom. The monoisotopic (exact) mass is 329 g/mol. The molecule has 1 aromatic rings. The average molecular weight is 329 g/mol. The van der Waals surface area contributed by atoms with Crippen LogP contribution >= 0.6 is 0 Å². The first kappa shape index (κ1) is 17.6. The third kappa shape index (κ3) is 4.62. The van der Waals surface area contributed by atoms with E-state index in [0.29, 0.717) is 18.8 Å². The van der Waals surface area contributed by atoms with E-state index in [2.05, 4.69) is 0 Å². The van der Waals surface area contributed by atoms with Gasteiger partial charge in [0.15, 0.2) is 0 Å². The van der Waals surface area contributed by atoms with E-state index in [1.165, 1.54) is 19.1 Å². The number of hydrogen-bond acceptors (Lipinski definition) is 5. The zero-order valence-electron chi connectivity index (χ0n) is 13.4. The SMILES string of the molecule is CC(=O)OCc1ccc(N2C[C@@H](C)O[C@@H](C)C2)cc1C(O)(F)F. The van der Waals surface area contributed by atoms with Crippen molar-refractivity contribution < 1.29 is 28.2 Å². The molecule has 5 nitrogen and oxygen atoms in total. The van der Waals surface area contributed by atoms with Gasteiger partial charge in [0.1, 0.15) is 6.61 Å². The quantitative estimate of drug-likeness (QED) is 0.860. The molecular weight excluding hydrogens is 308 g/mol. The second kappa shape index (κ2) is 6.80. The lowest BCUT2D eigenvalue weighted by Gasteiger charge is -2.37. The third-order valence-electron chi connectivity index (χ3n) is 3.63. The highest BCUT2D eigenvalue weighted by Crippen LogP contribution is 2.32. The van der Waals surface area contributed by atoms with Gasteiger partial charge in [0.05, 0.1) is 17.8 Å². The maximum atomic E-state index is 13.5. The molecule has 1 aliphatic heterocycles. The first-order valence-electron chi connectivity index (χ1n) is 7.44. The minimum absolute atomic E-state index is 0.0161. The Morgan fingerprint density at radius 1 is 1.39 bits per heavy atom. The van der Waals surface area contributed by atoms with E-state index in [1.54, 1.807) is 6.07 Å². The first-order chi connectivity index (χ1) is 10.7. The van der Waals surface area contributed by atoms with Gasteiger partial charge in [0.2, 0.25) is 0 Å². The zero-order chi connectivity index (χ0) is 17.2. The predicted octanol–water partition coefficient (Wildman–Crippen LogP) is 2.40. The van der Waals surface area contributed by atoms with Crippen LogP contribution in [0.25, 0.3) is 0 Å². The summed E-state index contributed by atoms with van der Waals surface area (Å²) in [5.74, 6) is -0.572. The van der Waals surface area contributed by atoms with E-state index in [-0.39, 0.29) is 24.4 Å². The van der Waals surface area contributed by atoms with Gasteiger partial charge in [0.25, 0.3) is 0 Å². The van der Waals surface area contributed by atoms with Gasteiger partial charge in [-0.1, -0.05) is 6.07 Å². The van der Waals surface area contributed by atoms with Gasteiger partial charge >= 0.3 is 12.1 Å². The fourth-order valence-electron chi connectivity index (χ4n) is 2.74. The fourth-order valence-corrected chi connectivity index (χ4v) is 2.74. The summed E-state index contributed by atoms with van der Waals surface area (Å²) in [6.07, 6.45) is -4.04. The highest BCUT2D eigenvalue weighted by molar-refractivity contribution is 5.66. The van der Waals surface area contributed by atoms with Crippen LogP contribution in [0.5, 0.6) is 0 Å². The van der Waals surface area contributed by atoms with E-state index >= 15 is 0 Å². The van der Waals surface area contributed by atoms with Gasteiger partial charge in [-0.2, -0.15) is 8.78 Å². The second-order valence-electron chi connectivity index (χ2n) is 5.83. The lowest BCUT2D eigenvalue weighted by Crippen LogP contribution is -2.45. The standard InChI is InChI=1S/C16H21F2NO4/c1-10-7-19(8-11(2)23-10)14-5-4-13(9-22-12(3)20)15(6-14)16(17,18)21/h4-6,10-11,21H,7-9H2,1-3H3/t10-,11+. The molecule has 0 bridgehead atoms. The molecule has 128 valence electrons. The van der Waals surface area contributed by atoms with Crippen molar-refractivity contribution in [2.24, 2.45) is 0 Å². The van der Waals surface area contributed by atoms with Crippen molar-refractivity contribution in [3.8, 4) is 0 Å². The number of rotatable bonds is 4. The summed E-state index contributed by atoms with van der Waals surface area (Å²) in [4.78, 5) is 12.8. The van der Waals surface area contributed by atoms with E-state index < -0.39 is 17.6 Å². The van der Waals surface area contributed by atoms with Crippen LogP contribution in [-0.4, -0.2) is 36.4 Å². The number of benzene rings is 1. The highest BCUT2D eigenvalue weighted by atomic mass is 19.3. The Kier molecular flexibility index (Phi) is 5.21. The van der Waals surface area contributed by atoms with Crippen molar-refractivity contribution in [3.63, 3.8) is 0 Å². The average Bonchev–Trinajstić information content (AvgIpc) is 2.42. The maximum absolute atomic E-state index is 13.5. The largest absolute Gasteiger partial charge is 0.461 e. The summed E-state index contributed by atoms with van der Waals surface area (Å²) < 4.78 is 37.4. The van der Waals surface area contributed by atoms with E-state index in [4.69, 9.17) is 14.6 Å². The van der Waals surface area contributed by atoms with Crippen LogP contribution in [0.15, 0.2) is 18.2 Å². The number of nitrogens with zero attached hydrogens (tertiary/aromatic N) is 1. The Hall–Kier alpha value is -1.73. The van der Waals surface area contributed by atoms with Gasteiger partial charge in [0, 0.05) is 31.3 Å². The van der Waals surface area contributed by atoms with Crippen molar-refractivity contribution in [1.29, 1.82) is 0 Å². The number of anilines is 1. The molecule has 2 atom stereocenters. The molecule has 0 aromatic heterocycles. The van der Waals surface area contributed by atoms with Crippen LogP contribution < -0.4 is 4.90 Å². The topological polar surface area (TPSA) is 59.0 Å². The van der Waals surface area contributed by atoms with E-state index in [9.17, 15) is 13.6 Å². The summed E-state index contributed by atoms with van der Waals surface area (Å²) >= 11 is 0. The number of carbonyl (C=O) groups is 1. The molecule has 0 unspecified atom stereocenters. The van der Waals surface area contributed by atoms with Gasteiger partial charge < -0.3 is 19.5 Å². The molecule has 1 aliphatic rings. The van der Waals surface area contributed by atoms with Crippen LogP contribution in [0.2, 0.25) is 0 Å². The molecule has 0 amide bonds. The Labute approximate surface area is 133 Å². The van der Waals surface area contributed by atoms with E-state index in [1.807, 2.05) is 18.7 Å². The predicted molar refractivity (Wildman–Crippen MR) is 80.2 cm³/mol. The van der Waals surface area contributed by atoms with Crippen LogP contribution in [0.1, 0.15) is 31.9 Å². The zero-order valence-corrected chi connectivity index (χ0v) is 13.4. The lowest BCUT2D eigenvalue weighted by atomic mass is 10.0. The van der Waals surface area contributed by atoms with Gasteiger partial charge in [-0.25, -0.2) is 0 Å². The van der Waals surface area contributed by atoms with Crippen LogP contribution in [-0.2, 0) is 27.0 Å². The summed E-state index contributed by atoms with van der Waals surface area (Å²) in [6.45, 7) is 5.87. The van der Waals surface area contributed by atoms with Gasteiger partial charge in [-0.3, -0.25) is 4.79 Å². The number of halogens is 2. The number of hydrogen-bond donors (Lipinski definition) is 1. The Bertz CT molecular complexity index is 564. The number of morpholine rings is 1.